The van der Waals surface area contributed by atoms with Gasteiger partial charge in [-0.25, -0.2) is 4.79 Å². The number of hydrogen-bond acceptors (Lipinski definition) is 4. The van der Waals surface area contributed by atoms with Gasteiger partial charge in [-0.1, -0.05) is 0 Å². The number of carbonyl (C=O) groups excluding carboxylic acids is 1. The first-order valence-corrected chi connectivity index (χ1v) is 4.73. The molecule has 0 aliphatic rings. The lowest BCUT2D eigenvalue weighted by molar-refractivity contribution is -0.276. The second-order valence-electron chi connectivity index (χ2n) is 3.28. The highest BCUT2D eigenvalue weighted by Gasteiger charge is 2.33. The van der Waals surface area contributed by atoms with Gasteiger partial charge in [0.15, 0.2) is 0 Å². The molecule has 4 nitrogen and oxygen atoms in total. The average Bonchev–Trinajstić information content (AvgIpc) is 2.21. The van der Waals surface area contributed by atoms with E-state index in [0.717, 1.165) is 18.6 Å². The minimum Gasteiger partial charge on any atom is -0.452 e. The Kier molecular flexibility index (Phi) is 4.69. The standard InChI is InChI=1S/C10H5F6O4/c11-9(12,13)19-7-1-6(4-18-5-17)2-8(3-7)20-10(14,15)16/h1-3H,4H2. The molecular weight excluding hydrogens is 298 g/mol. The summed E-state index contributed by atoms with van der Waals surface area (Å²) in [5.41, 5.74) is -0.200. The number of rotatable bonds is 5. The molecular formula is C10H5F6O4. The summed E-state index contributed by atoms with van der Waals surface area (Å²) in [5.74, 6) is -1.88. The predicted molar refractivity (Wildman–Crippen MR) is 50.3 cm³/mol. The van der Waals surface area contributed by atoms with Crippen LogP contribution < -0.4 is 9.47 Å². The lowest BCUT2D eigenvalue weighted by Gasteiger charge is -2.14. The molecule has 1 radical (unpaired) electrons. The van der Waals surface area contributed by atoms with Crippen LogP contribution in [0.5, 0.6) is 11.5 Å². The van der Waals surface area contributed by atoms with E-state index in [1.54, 1.807) is 0 Å². The Morgan fingerprint density at radius 1 is 0.900 bits per heavy atom. The summed E-state index contributed by atoms with van der Waals surface area (Å²) in [6.07, 6.45) is -10.2. The summed E-state index contributed by atoms with van der Waals surface area (Å²) in [5, 5.41) is 0. The Bertz CT molecular complexity index is 434. The van der Waals surface area contributed by atoms with Crippen LogP contribution in [-0.4, -0.2) is 19.2 Å². The predicted octanol–water partition coefficient (Wildman–Crippen LogP) is 3.07. The number of hydrogen-bond donors (Lipinski definition) is 0. The molecule has 0 fully saturated rings. The molecule has 1 aromatic carbocycles. The van der Waals surface area contributed by atoms with Gasteiger partial charge in [-0.15, -0.1) is 26.3 Å². The maximum Gasteiger partial charge on any atom is 0.573 e. The van der Waals surface area contributed by atoms with Crippen molar-refractivity contribution >= 4 is 6.47 Å². The quantitative estimate of drug-likeness (QED) is 0.784. The van der Waals surface area contributed by atoms with Crippen molar-refractivity contribution in [3.05, 3.63) is 23.8 Å². The lowest BCUT2D eigenvalue weighted by atomic mass is 10.2. The Labute approximate surface area is 107 Å². The monoisotopic (exact) mass is 303 g/mol. The second kappa shape index (κ2) is 5.88. The minimum atomic E-state index is -5.09. The van der Waals surface area contributed by atoms with Crippen molar-refractivity contribution in [2.75, 3.05) is 0 Å². The summed E-state index contributed by atoms with van der Waals surface area (Å²) in [7, 11) is 0. The van der Waals surface area contributed by atoms with Crippen LogP contribution >= 0.6 is 0 Å². The van der Waals surface area contributed by atoms with Gasteiger partial charge in [0.1, 0.15) is 18.1 Å². The molecule has 1 rings (SSSR count). The highest BCUT2D eigenvalue weighted by atomic mass is 19.4. The number of alkyl halides is 6. The highest BCUT2D eigenvalue weighted by Crippen LogP contribution is 2.31. The molecule has 1 aromatic rings. The maximum atomic E-state index is 12.0. The molecule has 0 aromatic heterocycles. The Morgan fingerprint density at radius 2 is 1.35 bits per heavy atom. The second-order valence-corrected chi connectivity index (χ2v) is 3.28. The van der Waals surface area contributed by atoms with Crippen LogP contribution in [0.15, 0.2) is 18.2 Å². The maximum absolute atomic E-state index is 12.0. The Morgan fingerprint density at radius 3 is 1.70 bits per heavy atom. The number of benzene rings is 1. The minimum absolute atomic E-state index is 0.200. The fraction of sp³-hybridized carbons (Fsp3) is 0.300. The first kappa shape index (κ1) is 15.9. The molecule has 0 amide bonds. The van der Waals surface area contributed by atoms with Gasteiger partial charge in [0.05, 0.1) is 0 Å². The van der Waals surface area contributed by atoms with E-state index in [1.807, 2.05) is 0 Å². The first-order valence-electron chi connectivity index (χ1n) is 4.73. The molecule has 0 spiro atoms. The normalized spacial score (nSPS) is 11.9. The summed E-state index contributed by atoms with van der Waals surface area (Å²) in [6, 6.07) is 1.89. The van der Waals surface area contributed by atoms with E-state index in [0.29, 0.717) is 6.07 Å². The molecule has 0 N–H and O–H groups in total. The molecule has 0 aliphatic heterocycles. The number of halogens is 6. The van der Waals surface area contributed by atoms with Crippen LogP contribution in [0.3, 0.4) is 0 Å². The van der Waals surface area contributed by atoms with Crippen molar-refractivity contribution in [1.29, 1.82) is 0 Å². The zero-order valence-electron chi connectivity index (χ0n) is 9.34. The Hall–Kier alpha value is -2.13. The fourth-order valence-corrected chi connectivity index (χ4v) is 1.21. The van der Waals surface area contributed by atoms with E-state index >= 15 is 0 Å². The van der Waals surface area contributed by atoms with Crippen LogP contribution in [0.1, 0.15) is 5.56 Å². The SMILES string of the molecule is O=[C]OCc1cc(OC(F)(F)F)cc(OC(F)(F)F)c1. The molecule has 0 atom stereocenters. The van der Waals surface area contributed by atoms with E-state index in [9.17, 15) is 31.1 Å². The lowest BCUT2D eigenvalue weighted by Crippen LogP contribution is -2.19. The van der Waals surface area contributed by atoms with Crippen molar-refractivity contribution in [2.24, 2.45) is 0 Å². The molecule has 111 valence electrons. The Balaban J connectivity index is 3.03. The summed E-state index contributed by atoms with van der Waals surface area (Å²) >= 11 is 0. The van der Waals surface area contributed by atoms with Crippen molar-refractivity contribution in [3.8, 4) is 11.5 Å². The molecule has 0 heterocycles. The van der Waals surface area contributed by atoms with Gasteiger partial charge in [-0.05, 0) is 17.7 Å². The fourth-order valence-electron chi connectivity index (χ4n) is 1.21. The molecule has 0 aliphatic carbocycles. The average molecular weight is 303 g/mol. The highest BCUT2D eigenvalue weighted by molar-refractivity contribution is 5.41. The van der Waals surface area contributed by atoms with Gasteiger partial charge in [0, 0.05) is 6.07 Å². The van der Waals surface area contributed by atoms with Crippen LogP contribution in [0.25, 0.3) is 0 Å². The van der Waals surface area contributed by atoms with E-state index in [1.165, 1.54) is 0 Å². The largest absolute Gasteiger partial charge is 0.573 e. The van der Waals surface area contributed by atoms with Crippen LogP contribution in [0.2, 0.25) is 0 Å². The topological polar surface area (TPSA) is 44.8 Å². The van der Waals surface area contributed by atoms with Gasteiger partial charge < -0.3 is 14.2 Å². The van der Waals surface area contributed by atoms with Crippen LogP contribution in [-0.2, 0) is 16.1 Å². The summed E-state index contributed by atoms with van der Waals surface area (Å²) < 4.78 is 83.2. The van der Waals surface area contributed by atoms with Crippen LogP contribution in [0.4, 0.5) is 26.3 Å². The molecule has 0 bridgehead atoms. The zero-order valence-corrected chi connectivity index (χ0v) is 9.34. The summed E-state index contributed by atoms with van der Waals surface area (Å²) in [6.45, 7) is 0.385. The van der Waals surface area contributed by atoms with Crippen molar-refractivity contribution in [3.63, 3.8) is 0 Å². The van der Waals surface area contributed by atoms with Crippen molar-refractivity contribution in [2.45, 2.75) is 19.3 Å². The molecule has 0 unspecified atom stereocenters. The van der Waals surface area contributed by atoms with Gasteiger partial charge in [-0.3, -0.25) is 0 Å². The molecule has 20 heavy (non-hydrogen) atoms. The van der Waals surface area contributed by atoms with Crippen LogP contribution in [0, 0.1) is 0 Å². The van der Waals surface area contributed by atoms with Gasteiger partial charge >= 0.3 is 19.2 Å². The van der Waals surface area contributed by atoms with Gasteiger partial charge in [0.25, 0.3) is 0 Å². The third-order valence-electron chi connectivity index (χ3n) is 1.70. The first-order chi connectivity index (χ1) is 9.09. The van der Waals surface area contributed by atoms with E-state index in [2.05, 4.69) is 14.2 Å². The van der Waals surface area contributed by atoms with E-state index < -0.39 is 30.8 Å². The van der Waals surface area contributed by atoms with E-state index in [4.69, 9.17) is 0 Å². The van der Waals surface area contributed by atoms with Gasteiger partial charge in [0.2, 0.25) is 0 Å². The van der Waals surface area contributed by atoms with Gasteiger partial charge in [-0.2, -0.15) is 0 Å². The van der Waals surface area contributed by atoms with Crippen molar-refractivity contribution < 1.29 is 45.3 Å². The molecule has 10 heteroatoms. The van der Waals surface area contributed by atoms with Crippen molar-refractivity contribution in [1.82, 2.24) is 0 Å². The molecule has 0 saturated carbocycles. The number of ether oxygens (including phenoxy) is 3. The smallest absolute Gasteiger partial charge is 0.452 e. The zero-order chi connectivity index (χ0) is 15.4. The van der Waals surface area contributed by atoms with E-state index in [-0.39, 0.29) is 5.56 Å². The summed E-state index contributed by atoms with van der Waals surface area (Å²) in [4.78, 5) is 9.84. The third kappa shape index (κ3) is 6.16. The third-order valence-corrected chi connectivity index (χ3v) is 1.70. The molecule has 0 saturated heterocycles.